The molecule has 0 nitrogen and oxygen atoms in total. The second-order valence-electron chi connectivity index (χ2n) is 6.69. The molecular weight excluding hydrogens is 378 g/mol. The van der Waals surface area contributed by atoms with E-state index in [0.717, 1.165) is 5.92 Å². The van der Waals surface area contributed by atoms with Crippen molar-refractivity contribution in [2.45, 2.75) is 41.5 Å². The summed E-state index contributed by atoms with van der Waals surface area (Å²) < 4.78 is 1.67. The van der Waals surface area contributed by atoms with Crippen molar-refractivity contribution in [3.8, 4) is 0 Å². The minimum Gasteiger partial charge on any atom is -1.00 e. The van der Waals surface area contributed by atoms with Crippen LogP contribution in [-0.2, 0) is 24.7 Å². The molecule has 0 radical (unpaired) electrons. The zero-order valence-electron chi connectivity index (χ0n) is 13.8. The summed E-state index contributed by atoms with van der Waals surface area (Å²) in [6.07, 6.45) is 7.37. The maximum absolute atomic E-state index is 2.50. The van der Waals surface area contributed by atoms with Gasteiger partial charge in [-0.3, -0.25) is 0 Å². The van der Waals surface area contributed by atoms with Crippen molar-refractivity contribution < 1.29 is 49.5 Å². The van der Waals surface area contributed by atoms with E-state index in [1.54, 1.807) is 39.1 Å². The van der Waals surface area contributed by atoms with E-state index in [1.807, 2.05) is 0 Å². The second-order valence-corrected chi connectivity index (χ2v) is 8.01. The molecule has 0 bridgehead atoms. The van der Waals surface area contributed by atoms with E-state index in [1.165, 1.54) is 11.1 Å². The van der Waals surface area contributed by atoms with E-state index in [2.05, 4.69) is 59.8 Å². The Morgan fingerprint density at radius 2 is 1.43 bits per heavy atom. The molecule has 3 heteroatoms. The molecule has 0 spiro atoms. The molecule has 21 heavy (non-hydrogen) atoms. The first kappa shape index (κ1) is 21.4. The second kappa shape index (κ2) is 8.32. The molecule has 2 aliphatic carbocycles. The number of hydrogen-bond donors (Lipinski definition) is 0. The Balaban J connectivity index is 0.00000200. The number of hydrogen-bond acceptors (Lipinski definition) is 0. The van der Waals surface area contributed by atoms with Crippen molar-refractivity contribution in [2.75, 3.05) is 0 Å². The molecule has 0 heterocycles. The third-order valence-corrected chi connectivity index (χ3v) is 5.77. The quantitative estimate of drug-likeness (QED) is 0.578. The van der Waals surface area contributed by atoms with Crippen LogP contribution in [0.1, 0.15) is 41.5 Å². The van der Waals surface area contributed by atoms with Crippen LogP contribution in [0.25, 0.3) is 0 Å². The normalized spacial score (nSPS) is 24.8. The van der Waals surface area contributed by atoms with Crippen LogP contribution in [0, 0.1) is 23.7 Å². The van der Waals surface area contributed by atoms with Gasteiger partial charge in [-0.05, 0) is 0 Å². The van der Waals surface area contributed by atoms with Crippen LogP contribution in [-0.4, -0.2) is 0 Å². The maximum Gasteiger partial charge on any atom is -1.00 e. The van der Waals surface area contributed by atoms with E-state index in [-0.39, 0.29) is 24.8 Å². The first-order valence-corrected chi connectivity index (χ1v) is 8.60. The van der Waals surface area contributed by atoms with E-state index in [4.69, 9.17) is 0 Å². The standard InChI is InChI=1S/C18H25.2ClH.Zr/c1-11(2)15-9-14(6)17(10-15)18-8-13(5)7-16(18)12(3)4;;;/h7-9,11-12,15-16H,1-6H3;2*1H;/q;;;+2/p-2. The summed E-state index contributed by atoms with van der Waals surface area (Å²) >= 11 is 1.59. The average molecular weight is 404 g/mol. The molecule has 0 saturated heterocycles. The van der Waals surface area contributed by atoms with Crippen molar-refractivity contribution in [1.82, 2.24) is 0 Å². The molecule has 2 aliphatic rings. The number of rotatable bonds is 3. The van der Waals surface area contributed by atoms with E-state index in [9.17, 15) is 0 Å². The zero-order chi connectivity index (χ0) is 14.3. The van der Waals surface area contributed by atoms with Crippen molar-refractivity contribution in [1.29, 1.82) is 0 Å². The monoisotopic (exact) mass is 401 g/mol. The zero-order valence-corrected chi connectivity index (χ0v) is 17.8. The van der Waals surface area contributed by atoms with Gasteiger partial charge in [-0.1, -0.05) is 0 Å². The van der Waals surface area contributed by atoms with Crippen molar-refractivity contribution in [3.05, 3.63) is 43.8 Å². The van der Waals surface area contributed by atoms with E-state index >= 15 is 0 Å². The van der Waals surface area contributed by atoms with Crippen LogP contribution in [0.15, 0.2) is 43.8 Å². The van der Waals surface area contributed by atoms with E-state index < -0.39 is 0 Å². The molecule has 2 atom stereocenters. The molecule has 0 amide bonds. The average Bonchev–Trinajstić information content (AvgIpc) is 2.79. The molecule has 0 saturated carbocycles. The first-order chi connectivity index (χ1) is 8.82. The molecule has 0 aromatic carbocycles. The Kier molecular flexibility index (Phi) is 8.49. The molecule has 0 fully saturated rings. The summed E-state index contributed by atoms with van der Waals surface area (Å²) in [5.74, 6) is 2.68. The number of halogens is 2. The van der Waals surface area contributed by atoms with Gasteiger partial charge in [0.15, 0.2) is 0 Å². The van der Waals surface area contributed by atoms with Crippen molar-refractivity contribution in [2.24, 2.45) is 23.7 Å². The van der Waals surface area contributed by atoms with Crippen LogP contribution < -0.4 is 24.8 Å². The summed E-state index contributed by atoms with van der Waals surface area (Å²) in [5.41, 5.74) is 6.11. The van der Waals surface area contributed by atoms with Gasteiger partial charge in [0.1, 0.15) is 0 Å². The van der Waals surface area contributed by atoms with E-state index in [0.29, 0.717) is 17.8 Å². The van der Waals surface area contributed by atoms with Crippen LogP contribution in [0.3, 0.4) is 0 Å². The minimum atomic E-state index is 0. The van der Waals surface area contributed by atoms with Gasteiger partial charge in [-0.15, -0.1) is 0 Å². The molecular formula is C18H25Cl2Zr. The number of allylic oxidation sites excluding steroid dienone is 8. The Morgan fingerprint density at radius 1 is 0.905 bits per heavy atom. The third-order valence-electron chi connectivity index (χ3n) is 4.34. The van der Waals surface area contributed by atoms with Crippen LogP contribution in [0.5, 0.6) is 0 Å². The Bertz CT molecular complexity index is 507. The van der Waals surface area contributed by atoms with Gasteiger partial charge in [0.05, 0.1) is 0 Å². The summed E-state index contributed by atoms with van der Waals surface area (Å²) in [6, 6.07) is 0. The molecule has 0 aromatic rings. The first-order valence-electron chi connectivity index (χ1n) is 7.37. The molecule has 0 N–H and O–H groups in total. The predicted octanol–water partition coefficient (Wildman–Crippen LogP) is -0.814. The minimum absolute atomic E-state index is 0. The fourth-order valence-corrected chi connectivity index (χ4v) is 5.14. The Labute approximate surface area is 157 Å². The smallest absolute Gasteiger partial charge is 1.00 e. The van der Waals surface area contributed by atoms with Gasteiger partial charge >= 0.3 is 134 Å². The van der Waals surface area contributed by atoms with Gasteiger partial charge in [0.25, 0.3) is 0 Å². The summed E-state index contributed by atoms with van der Waals surface area (Å²) in [5, 5.41) is 0. The van der Waals surface area contributed by atoms with Gasteiger partial charge in [0, 0.05) is 0 Å². The molecule has 0 aliphatic heterocycles. The summed E-state index contributed by atoms with van der Waals surface area (Å²) in [6.45, 7) is 13.9. The molecule has 0 aromatic heterocycles. The fraction of sp³-hybridized carbons (Fsp3) is 0.556. The van der Waals surface area contributed by atoms with Crippen LogP contribution in [0.2, 0.25) is 0 Å². The Hall–Kier alpha value is 0.423. The summed E-state index contributed by atoms with van der Waals surface area (Å²) in [7, 11) is 0. The molecule has 115 valence electrons. The summed E-state index contributed by atoms with van der Waals surface area (Å²) in [4.78, 5) is 0. The fourth-order valence-electron chi connectivity index (χ4n) is 3.28. The van der Waals surface area contributed by atoms with Crippen LogP contribution in [0.4, 0.5) is 0 Å². The Morgan fingerprint density at radius 3 is 1.86 bits per heavy atom. The topological polar surface area (TPSA) is 0 Å². The van der Waals surface area contributed by atoms with Gasteiger partial charge in [-0.2, -0.15) is 0 Å². The van der Waals surface area contributed by atoms with Crippen molar-refractivity contribution >= 4 is 0 Å². The maximum atomic E-state index is 2.50. The van der Waals surface area contributed by atoms with Crippen molar-refractivity contribution in [3.63, 3.8) is 0 Å². The molecule has 2 rings (SSSR count). The van der Waals surface area contributed by atoms with Gasteiger partial charge in [-0.25, -0.2) is 0 Å². The molecule has 2 unspecified atom stereocenters. The van der Waals surface area contributed by atoms with Gasteiger partial charge < -0.3 is 24.8 Å². The largest absolute Gasteiger partial charge is 1.00 e. The third kappa shape index (κ3) is 4.24. The SMILES string of the molecule is CC1=CC(C(C)C)C(C2=[C]([Zr+2])C(C(C)C)C=C2C)=C1.[Cl-].[Cl-]. The van der Waals surface area contributed by atoms with Gasteiger partial charge in [0.2, 0.25) is 0 Å². The predicted molar refractivity (Wildman–Crippen MR) is 79.3 cm³/mol. The van der Waals surface area contributed by atoms with Crippen LogP contribution >= 0.6 is 0 Å².